The number of hydrogen-bond acceptors (Lipinski definition) is 2. The average Bonchev–Trinajstić information content (AvgIpc) is 1.81. The molecule has 0 radical (unpaired) electrons. The molecule has 2 N–H and O–H groups in total. The summed E-state index contributed by atoms with van der Waals surface area (Å²) in [4.78, 5) is 10.6. The normalized spacial score (nSPS) is 13.1. The van der Waals surface area contributed by atoms with E-state index in [0.717, 1.165) is 0 Å². The van der Waals surface area contributed by atoms with Gasteiger partial charge in [-0.3, -0.25) is 10.1 Å². The van der Waals surface area contributed by atoms with E-state index in [1.165, 1.54) is 0 Å². The molecule has 3 heteroatoms. The quantitative estimate of drug-likeness (QED) is 0.599. The Balaban J connectivity index is 4.12. The molecular weight excluding hydrogens is 142 g/mol. The first kappa shape index (κ1) is 10.2. The molecule has 0 aliphatic heterocycles. The average molecular weight is 157 g/mol. The van der Waals surface area contributed by atoms with Crippen molar-refractivity contribution in [2.75, 3.05) is 0 Å². The molecule has 0 aromatic rings. The maximum atomic E-state index is 10.6. The van der Waals surface area contributed by atoms with Crippen LogP contribution in [0, 0.1) is 0 Å². The maximum Gasteiger partial charge on any atom is 0.324 e. The summed E-state index contributed by atoms with van der Waals surface area (Å²) in [6.45, 7) is 9.09. The molecule has 3 nitrogen and oxygen atoms in total. The Morgan fingerprint density at radius 3 is 2.09 bits per heavy atom. The summed E-state index contributed by atoms with van der Waals surface area (Å²) < 4.78 is 0. The molecule has 11 heavy (non-hydrogen) atoms. The fraction of sp³-hybridized carbons (Fsp3) is 0.625. The van der Waals surface area contributed by atoms with Gasteiger partial charge < -0.3 is 5.11 Å². The van der Waals surface area contributed by atoms with Crippen LogP contribution >= 0.6 is 0 Å². The minimum absolute atomic E-state index is 0.160. The van der Waals surface area contributed by atoms with Crippen LogP contribution in [0.3, 0.4) is 0 Å². The van der Waals surface area contributed by atoms with Crippen LogP contribution < -0.4 is 5.32 Å². The van der Waals surface area contributed by atoms with Crippen molar-refractivity contribution >= 4 is 5.97 Å². The number of nitrogens with one attached hydrogen (secondary N) is 1. The van der Waals surface area contributed by atoms with Crippen molar-refractivity contribution in [3.05, 3.63) is 12.2 Å². The van der Waals surface area contributed by atoms with Gasteiger partial charge in [0.05, 0.1) is 0 Å². The van der Waals surface area contributed by atoms with Crippen LogP contribution in [0.5, 0.6) is 0 Å². The second-order valence-electron chi connectivity index (χ2n) is 2.94. The highest BCUT2D eigenvalue weighted by molar-refractivity contribution is 5.77. The largest absolute Gasteiger partial charge is 0.480 e. The SMILES string of the molecule is C=C(C)C(NC(C)C)C(=O)O. The molecule has 0 fully saturated rings. The Labute approximate surface area is 67.1 Å². The first-order valence-corrected chi connectivity index (χ1v) is 3.59. The van der Waals surface area contributed by atoms with Crippen LogP contribution in [0.1, 0.15) is 20.8 Å². The van der Waals surface area contributed by atoms with Crippen LogP contribution in [0.25, 0.3) is 0 Å². The minimum Gasteiger partial charge on any atom is -0.480 e. The Morgan fingerprint density at radius 1 is 1.55 bits per heavy atom. The van der Waals surface area contributed by atoms with Gasteiger partial charge in [-0.1, -0.05) is 12.2 Å². The third-order valence-electron chi connectivity index (χ3n) is 1.24. The van der Waals surface area contributed by atoms with E-state index in [1.54, 1.807) is 6.92 Å². The molecule has 0 amide bonds. The number of carboxylic acid groups (broad SMARTS) is 1. The summed E-state index contributed by atoms with van der Waals surface area (Å²) in [5.41, 5.74) is 0.631. The van der Waals surface area contributed by atoms with Crippen LogP contribution in [0.2, 0.25) is 0 Å². The monoisotopic (exact) mass is 157 g/mol. The van der Waals surface area contributed by atoms with Crippen LogP contribution in [-0.2, 0) is 4.79 Å². The van der Waals surface area contributed by atoms with Crippen LogP contribution in [0.15, 0.2) is 12.2 Å². The highest BCUT2D eigenvalue weighted by Gasteiger charge is 2.17. The molecule has 0 saturated carbocycles. The third kappa shape index (κ3) is 3.78. The molecule has 0 aliphatic carbocycles. The van der Waals surface area contributed by atoms with E-state index in [4.69, 9.17) is 5.11 Å². The highest BCUT2D eigenvalue weighted by Crippen LogP contribution is 1.99. The van der Waals surface area contributed by atoms with E-state index < -0.39 is 12.0 Å². The molecule has 1 unspecified atom stereocenters. The van der Waals surface area contributed by atoms with Crippen molar-refractivity contribution in [2.45, 2.75) is 32.9 Å². The van der Waals surface area contributed by atoms with Gasteiger partial charge in [-0.05, 0) is 20.8 Å². The predicted molar refractivity (Wildman–Crippen MR) is 44.5 cm³/mol. The lowest BCUT2D eigenvalue weighted by Crippen LogP contribution is -2.41. The molecule has 0 heterocycles. The first-order chi connectivity index (χ1) is 4.95. The van der Waals surface area contributed by atoms with Gasteiger partial charge in [-0.2, -0.15) is 0 Å². The third-order valence-corrected chi connectivity index (χ3v) is 1.24. The Kier molecular flexibility index (Phi) is 3.82. The molecular formula is C8H15NO2. The Hall–Kier alpha value is -0.830. The van der Waals surface area contributed by atoms with E-state index >= 15 is 0 Å². The number of hydrogen-bond donors (Lipinski definition) is 2. The van der Waals surface area contributed by atoms with Gasteiger partial charge in [0, 0.05) is 6.04 Å². The van der Waals surface area contributed by atoms with Crippen molar-refractivity contribution in [1.82, 2.24) is 5.32 Å². The molecule has 0 bridgehead atoms. The zero-order valence-corrected chi connectivity index (χ0v) is 7.22. The molecule has 0 rings (SSSR count). The number of carboxylic acids is 1. The van der Waals surface area contributed by atoms with Crippen molar-refractivity contribution in [3.8, 4) is 0 Å². The van der Waals surface area contributed by atoms with Crippen molar-refractivity contribution < 1.29 is 9.90 Å². The smallest absolute Gasteiger partial charge is 0.324 e. The van der Waals surface area contributed by atoms with Gasteiger partial charge in [0.15, 0.2) is 0 Å². The van der Waals surface area contributed by atoms with Gasteiger partial charge in [-0.25, -0.2) is 0 Å². The zero-order chi connectivity index (χ0) is 9.02. The van der Waals surface area contributed by atoms with Crippen molar-refractivity contribution in [2.24, 2.45) is 0 Å². The molecule has 1 atom stereocenters. The molecule has 0 aromatic heterocycles. The summed E-state index contributed by atoms with van der Waals surface area (Å²) in [7, 11) is 0. The summed E-state index contributed by atoms with van der Waals surface area (Å²) in [5, 5.41) is 11.5. The first-order valence-electron chi connectivity index (χ1n) is 3.59. The fourth-order valence-corrected chi connectivity index (χ4v) is 0.758. The number of carbonyl (C=O) groups is 1. The minimum atomic E-state index is -0.869. The van der Waals surface area contributed by atoms with Gasteiger partial charge in [0.2, 0.25) is 0 Å². The molecule has 0 aliphatic rings. The topological polar surface area (TPSA) is 49.3 Å². The van der Waals surface area contributed by atoms with Gasteiger partial charge in [-0.15, -0.1) is 0 Å². The van der Waals surface area contributed by atoms with E-state index in [9.17, 15) is 4.79 Å². The molecule has 0 saturated heterocycles. The standard InChI is InChI=1S/C8H15NO2/c1-5(2)7(8(10)11)9-6(3)4/h6-7,9H,1H2,2-4H3,(H,10,11). The lowest BCUT2D eigenvalue weighted by molar-refractivity contribution is -0.138. The van der Waals surface area contributed by atoms with E-state index in [2.05, 4.69) is 11.9 Å². The second kappa shape index (κ2) is 4.13. The Bertz CT molecular complexity index is 149. The zero-order valence-electron chi connectivity index (χ0n) is 7.22. The lowest BCUT2D eigenvalue weighted by atomic mass is 10.1. The van der Waals surface area contributed by atoms with E-state index in [-0.39, 0.29) is 6.04 Å². The molecule has 0 spiro atoms. The number of aliphatic carboxylic acids is 1. The second-order valence-corrected chi connectivity index (χ2v) is 2.94. The van der Waals surface area contributed by atoms with Crippen molar-refractivity contribution in [1.29, 1.82) is 0 Å². The maximum absolute atomic E-state index is 10.6. The van der Waals surface area contributed by atoms with Gasteiger partial charge in [0.25, 0.3) is 0 Å². The van der Waals surface area contributed by atoms with E-state index in [1.807, 2.05) is 13.8 Å². The summed E-state index contributed by atoms with van der Waals surface area (Å²) >= 11 is 0. The van der Waals surface area contributed by atoms with Gasteiger partial charge >= 0.3 is 5.97 Å². The summed E-state index contributed by atoms with van der Waals surface area (Å²) in [6.07, 6.45) is 0. The Morgan fingerprint density at radius 2 is 2.00 bits per heavy atom. The van der Waals surface area contributed by atoms with E-state index in [0.29, 0.717) is 5.57 Å². The van der Waals surface area contributed by atoms with Crippen molar-refractivity contribution in [3.63, 3.8) is 0 Å². The van der Waals surface area contributed by atoms with Crippen LogP contribution in [-0.4, -0.2) is 23.2 Å². The molecule has 0 aromatic carbocycles. The van der Waals surface area contributed by atoms with Gasteiger partial charge in [0.1, 0.15) is 6.04 Å². The van der Waals surface area contributed by atoms with Crippen LogP contribution in [0.4, 0.5) is 0 Å². The highest BCUT2D eigenvalue weighted by atomic mass is 16.4. The fourth-order valence-electron chi connectivity index (χ4n) is 0.758. The summed E-state index contributed by atoms with van der Waals surface area (Å²) in [6, 6.07) is -0.456. The summed E-state index contributed by atoms with van der Waals surface area (Å²) in [5.74, 6) is -0.869. The number of rotatable bonds is 4. The lowest BCUT2D eigenvalue weighted by Gasteiger charge is -2.16. The molecule has 64 valence electrons. The predicted octanol–water partition coefficient (Wildman–Crippen LogP) is 1.01.